The van der Waals surface area contributed by atoms with Crippen molar-refractivity contribution in [3.63, 3.8) is 0 Å². The molecule has 0 radical (unpaired) electrons. The first-order chi connectivity index (χ1) is 6.32. The average molecular weight is 301 g/mol. The second kappa shape index (κ2) is 4.40. The van der Waals surface area contributed by atoms with E-state index in [0.29, 0.717) is 5.92 Å². The zero-order chi connectivity index (χ0) is 10.9. The van der Waals surface area contributed by atoms with Crippen LogP contribution in [0, 0.1) is 5.92 Å². The Morgan fingerprint density at radius 3 is 2.50 bits per heavy atom. The number of halogens is 1. The van der Waals surface area contributed by atoms with Gasteiger partial charge in [-0.15, -0.1) is 0 Å². The van der Waals surface area contributed by atoms with Crippen LogP contribution < -0.4 is 5.43 Å². The van der Waals surface area contributed by atoms with E-state index < -0.39 is 14.5 Å². The number of nitrogens with one attached hydrogen (secondary N) is 1. The lowest BCUT2D eigenvalue weighted by Crippen LogP contribution is -2.25. The van der Waals surface area contributed by atoms with E-state index in [2.05, 4.69) is 40.3 Å². The van der Waals surface area contributed by atoms with Crippen LogP contribution >= 0.6 is 27.7 Å². The van der Waals surface area contributed by atoms with E-state index in [9.17, 15) is 8.42 Å². The maximum Gasteiger partial charge on any atom is 0.196 e. The predicted octanol–water partition coefficient (Wildman–Crippen LogP) is 1.38. The standard InChI is InChI=1S/C7H13BrN2O2S2/c1-4(2)5(8)6-9-10-7(13-6)14(3,11)12/h4-5,7,10H,1-3H3. The maximum absolute atomic E-state index is 11.2. The molecule has 0 aromatic heterocycles. The summed E-state index contributed by atoms with van der Waals surface area (Å²) in [6.45, 7) is 4.10. The summed E-state index contributed by atoms with van der Waals surface area (Å²) in [7, 11) is -3.08. The molecule has 0 aliphatic carbocycles. The second-order valence-corrected chi connectivity index (χ2v) is 8.04. The molecule has 1 N–H and O–H groups in total. The number of thioether (sulfide) groups is 1. The fourth-order valence-corrected chi connectivity index (χ4v) is 3.37. The van der Waals surface area contributed by atoms with Crippen LogP contribution in [0.2, 0.25) is 0 Å². The lowest BCUT2D eigenvalue weighted by Gasteiger charge is -2.12. The fourth-order valence-electron chi connectivity index (χ4n) is 0.874. The molecule has 0 fully saturated rings. The lowest BCUT2D eigenvalue weighted by atomic mass is 10.1. The Bertz CT molecular complexity index is 340. The molecular formula is C7H13BrN2O2S2. The highest BCUT2D eigenvalue weighted by Crippen LogP contribution is 2.29. The van der Waals surface area contributed by atoms with Gasteiger partial charge in [0.15, 0.2) is 14.5 Å². The molecule has 1 rings (SSSR count). The summed E-state index contributed by atoms with van der Waals surface area (Å²) < 4.78 is 21.8. The Morgan fingerprint density at radius 2 is 2.14 bits per heavy atom. The number of rotatable bonds is 3. The van der Waals surface area contributed by atoms with Crippen molar-refractivity contribution in [2.45, 2.75) is 23.4 Å². The van der Waals surface area contributed by atoms with Gasteiger partial charge in [0.2, 0.25) is 0 Å². The highest BCUT2D eigenvalue weighted by molar-refractivity contribution is 9.10. The number of sulfone groups is 1. The minimum absolute atomic E-state index is 0.117. The van der Waals surface area contributed by atoms with Crippen molar-refractivity contribution in [3.8, 4) is 0 Å². The molecule has 4 nitrogen and oxygen atoms in total. The van der Waals surface area contributed by atoms with Crippen molar-refractivity contribution in [2.24, 2.45) is 11.0 Å². The zero-order valence-electron chi connectivity index (χ0n) is 8.19. The number of hydrazone groups is 1. The Balaban J connectivity index is 2.65. The van der Waals surface area contributed by atoms with Gasteiger partial charge in [-0.1, -0.05) is 41.5 Å². The molecule has 14 heavy (non-hydrogen) atoms. The van der Waals surface area contributed by atoms with E-state index in [4.69, 9.17) is 0 Å². The van der Waals surface area contributed by atoms with Crippen LogP contribution in [0.5, 0.6) is 0 Å². The molecule has 0 aromatic carbocycles. The van der Waals surface area contributed by atoms with Gasteiger partial charge in [0.25, 0.3) is 0 Å². The van der Waals surface area contributed by atoms with Gasteiger partial charge in [0.05, 0.1) is 4.83 Å². The topological polar surface area (TPSA) is 58.5 Å². The summed E-state index contributed by atoms with van der Waals surface area (Å²) in [5.41, 5.74) is 2.62. The molecule has 0 amide bonds. The van der Waals surface area contributed by atoms with Gasteiger partial charge >= 0.3 is 0 Å². The summed E-state index contributed by atoms with van der Waals surface area (Å²) in [4.78, 5) is 0.117. The smallest absolute Gasteiger partial charge is 0.196 e. The Morgan fingerprint density at radius 1 is 1.57 bits per heavy atom. The summed E-state index contributed by atoms with van der Waals surface area (Å²) in [6, 6.07) is 0. The third-order valence-electron chi connectivity index (χ3n) is 1.72. The van der Waals surface area contributed by atoms with Crippen LogP contribution in [0.25, 0.3) is 0 Å². The van der Waals surface area contributed by atoms with E-state index in [-0.39, 0.29) is 4.83 Å². The maximum atomic E-state index is 11.2. The lowest BCUT2D eigenvalue weighted by molar-refractivity contribution is 0.591. The SMILES string of the molecule is CC(C)C(Br)C1=NNC(S(C)(=O)=O)S1. The average Bonchev–Trinajstić information content (AvgIpc) is 2.49. The molecule has 2 atom stereocenters. The van der Waals surface area contributed by atoms with E-state index in [1.54, 1.807) is 0 Å². The zero-order valence-corrected chi connectivity index (χ0v) is 11.4. The number of alkyl halides is 1. The van der Waals surface area contributed by atoms with E-state index in [0.717, 1.165) is 5.04 Å². The first kappa shape index (κ1) is 12.3. The van der Waals surface area contributed by atoms with Gasteiger partial charge in [0.1, 0.15) is 5.04 Å². The molecule has 82 valence electrons. The van der Waals surface area contributed by atoms with Crippen molar-refractivity contribution in [2.75, 3.05) is 6.26 Å². The van der Waals surface area contributed by atoms with Crippen molar-refractivity contribution in [3.05, 3.63) is 0 Å². The monoisotopic (exact) mass is 300 g/mol. The van der Waals surface area contributed by atoms with E-state index in [1.165, 1.54) is 18.0 Å². The third kappa shape index (κ3) is 2.87. The number of hydrogen-bond donors (Lipinski definition) is 1. The highest BCUT2D eigenvalue weighted by Gasteiger charge is 2.31. The summed E-state index contributed by atoms with van der Waals surface area (Å²) in [6.07, 6.45) is 1.20. The molecule has 2 unspecified atom stereocenters. The predicted molar refractivity (Wildman–Crippen MR) is 64.3 cm³/mol. The van der Waals surface area contributed by atoms with Crippen LogP contribution in [0.3, 0.4) is 0 Å². The van der Waals surface area contributed by atoms with Crippen molar-refractivity contribution in [1.82, 2.24) is 5.43 Å². The van der Waals surface area contributed by atoms with Crippen LogP contribution in [0.15, 0.2) is 5.10 Å². The third-order valence-corrected chi connectivity index (χ3v) is 6.64. The van der Waals surface area contributed by atoms with Crippen molar-refractivity contribution >= 4 is 42.6 Å². The van der Waals surface area contributed by atoms with Crippen LogP contribution in [-0.2, 0) is 9.84 Å². The van der Waals surface area contributed by atoms with Gasteiger partial charge in [-0.25, -0.2) is 8.42 Å². The van der Waals surface area contributed by atoms with E-state index >= 15 is 0 Å². The van der Waals surface area contributed by atoms with Crippen LogP contribution in [-0.4, -0.2) is 29.3 Å². The largest absolute Gasteiger partial charge is 0.281 e. The Kier molecular flexibility index (Phi) is 3.87. The van der Waals surface area contributed by atoms with Crippen molar-refractivity contribution in [1.29, 1.82) is 0 Å². The molecule has 1 heterocycles. The molecule has 0 aromatic rings. The molecular weight excluding hydrogens is 288 g/mol. The molecule has 0 saturated heterocycles. The van der Waals surface area contributed by atoms with Crippen LogP contribution in [0.4, 0.5) is 0 Å². The number of nitrogens with zero attached hydrogens (tertiary/aromatic N) is 1. The quantitative estimate of drug-likeness (QED) is 0.800. The van der Waals surface area contributed by atoms with E-state index in [1.807, 2.05) is 0 Å². The highest BCUT2D eigenvalue weighted by atomic mass is 79.9. The fraction of sp³-hybridized carbons (Fsp3) is 0.857. The Hall–Kier alpha value is 0.250. The van der Waals surface area contributed by atoms with Gasteiger partial charge in [-0.2, -0.15) is 5.10 Å². The second-order valence-electron chi connectivity index (χ2n) is 3.50. The van der Waals surface area contributed by atoms with Gasteiger partial charge < -0.3 is 0 Å². The van der Waals surface area contributed by atoms with Gasteiger partial charge in [0, 0.05) is 6.26 Å². The molecule has 7 heteroatoms. The molecule has 1 aliphatic rings. The van der Waals surface area contributed by atoms with Gasteiger partial charge in [-0.05, 0) is 5.92 Å². The first-order valence-corrected chi connectivity index (χ1v) is 7.90. The molecule has 0 bridgehead atoms. The van der Waals surface area contributed by atoms with Crippen LogP contribution in [0.1, 0.15) is 13.8 Å². The Labute approximate surface area is 97.0 Å². The first-order valence-electron chi connectivity index (χ1n) is 4.15. The molecule has 0 spiro atoms. The number of hydrogen-bond acceptors (Lipinski definition) is 5. The van der Waals surface area contributed by atoms with Crippen molar-refractivity contribution < 1.29 is 8.42 Å². The minimum atomic E-state index is -3.08. The summed E-state index contributed by atoms with van der Waals surface area (Å²) in [5, 5.41) is 4.81. The minimum Gasteiger partial charge on any atom is -0.281 e. The summed E-state index contributed by atoms with van der Waals surface area (Å²) >= 11 is 4.73. The molecule has 1 aliphatic heterocycles. The molecule has 0 saturated carbocycles. The normalized spacial score (nSPS) is 24.6. The summed E-state index contributed by atoms with van der Waals surface area (Å²) in [5.74, 6) is 0.390. The van der Waals surface area contributed by atoms with Gasteiger partial charge in [-0.3, -0.25) is 5.43 Å².